The minimum Gasteiger partial charge on any atom is -0.430 e. The Hall–Kier alpha value is -4.93. The van der Waals surface area contributed by atoms with Crippen LogP contribution in [0.4, 0.5) is 0 Å². The monoisotopic (exact) mass is 594 g/mol. The largest absolute Gasteiger partial charge is 0.430 e. The van der Waals surface area contributed by atoms with Crippen molar-refractivity contribution in [3.8, 4) is 39.6 Å². The molecular formula is C40H34B2N3O. The van der Waals surface area contributed by atoms with Gasteiger partial charge in [0.05, 0.1) is 30.3 Å². The molecule has 0 spiro atoms. The third-order valence-corrected chi connectivity index (χ3v) is 8.99. The van der Waals surface area contributed by atoms with Gasteiger partial charge in [0.1, 0.15) is 0 Å². The van der Waals surface area contributed by atoms with Gasteiger partial charge in [-0.2, -0.15) is 0 Å². The summed E-state index contributed by atoms with van der Waals surface area (Å²) in [7, 11) is 8.21. The Morgan fingerprint density at radius 2 is 1.15 bits per heavy atom. The summed E-state index contributed by atoms with van der Waals surface area (Å²) in [6, 6.07) is 46.1. The highest BCUT2D eigenvalue weighted by Crippen LogP contribution is 2.37. The van der Waals surface area contributed by atoms with E-state index in [0.717, 1.165) is 50.3 Å². The van der Waals surface area contributed by atoms with E-state index in [2.05, 4.69) is 89.5 Å². The molecule has 0 atom stereocenters. The first-order valence-electron chi connectivity index (χ1n) is 15.6. The van der Waals surface area contributed by atoms with Gasteiger partial charge in [0.15, 0.2) is 5.82 Å². The average molecular weight is 594 g/mol. The van der Waals surface area contributed by atoms with Crippen LogP contribution in [0.25, 0.3) is 61.4 Å². The van der Waals surface area contributed by atoms with Crippen LogP contribution in [-0.2, 0) is 4.65 Å². The van der Waals surface area contributed by atoms with Crippen molar-refractivity contribution in [3.63, 3.8) is 0 Å². The van der Waals surface area contributed by atoms with E-state index in [4.69, 9.17) is 22.5 Å². The van der Waals surface area contributed by atoms with E-state index in [-0.39, 0.29) is 0 Å². The molecule has 2 aromatic heterocycles. The first-order valence-corrected chi connectivity index (χ1v) is 15.6. The van der Waals surface area contributed by atoms with Crippen molar-refractivity contribution in [2.45, 2.75) is 38.6 Å². The molecule has 46 heavy (non-hydrogen) atoms. The van der Waals surface area contributed by atoms with Gasteiger partial charge in [0, 0.05) is 38.8 Å². The third-order valence-electron chi connectivity index (χ3n) is 8.99. The minimum absolute atomic E-state index is 0.502. The lowest BCUT2D eigenvalue weighted by Crippen LogP contribution is -2.40. The van der Waals surface area contributed by atoms with E-state index in [0.29, 0.717) is 5.82 Å². The highest BCUT2D eigenvalue weighted by Gasteiger charge is 2.33. The topological polar surface area (TPSA) is 39.9 Å². The smallest absolute Gasteiger partial charge is 0.330 e. The molecule has 0 saturated carbocycles. The second kappa shape index (κ2) is 11.8. The maximum atomic E-state index is 6.39. The lowest BCUT2D eigenvalue weighted by Gasteiger charge is -2.39. The van der Waals surface area contributed by atoms with Crippen molar-refractivity contribution in [1.29, 1.82) is 0 Å². The molecule has 0 aliphatic heterocycles. The van der Waals surface area contributed by atoms with E-state index < -0.39 is 10.9 Å². The number of para-hydroxylation sites is 1. The first-order chi connectivity index (χ1) is 22.2. The lowest BCUT2D eigenvalue weighted by atomic mass is 9.61. The summed E-state index contributed by atoms with van der Waals surface area (Å²) in [4.78, 5) is 9.96. The lowest BCUT2D eigenvalue weighted by molar-refractivity contribution is 0.0767. The van der Waals surface area contributed by atoms with Crippen LogP contribution in [0.5, 0.6) is 0 Å². The molecule has 0 aliphatic carbocycles. The number of fused-ring (bicyclic) bond motifs is 3. The Morgan fingerprint density at radius 1 is 0.587 bits per heavy atom. The molecule has 0 unspecified atom stereocenters. The summed E-state index contributed by atoms with van der Waals surface area (Å²) in [5.41, 5.74) is 8.59. The molecule has 4 nitrogen and oxygen atoms in total. The van der Waals surface area contributed by atoms with Crippen LogP contribution in [0.2, 0.25) is 5.31 Å². The minimum atomic E-state index is -0.535. The quantitative estimate of drug-likeness (QED) is 0.165. The molecule has 221 valence electrons. The Balaban J connectivity index is 1.30. The van der Waals surface area contributed by atoms with Gasteiger partial charge in [0.25, 0.3) is 0 Å². The zero-order valence-electron chi connectivity index (χ0n) is 26.6. The van der Waals surface area contributed by atoms with Crippen LogP contribution in [-0.4, -0.2) is 35.5 Å². The summed E-state index contributed by atoms with van der Waals surface area (Å²) in [5, 5.41) is 1.89. The first kappa shape index (κ1) is 29.8. The third kappa shape index (κ3) is 5.65. The molecule has 0 N–H and O–H groups in total. The van der Waals surface area contributed by atoms with Gasteiger partial charge < -0.3 is 9.22 Å². The molecule has 6 heteroatoms. The predicted molar refractivity (Wildman–Crippen MR) is 193 cm³/mol. The van der Waals surface area contributed by atoms with E-state index >= 15 is 0 Å². The number of rotatable bonds is 8. The number of nitrogens with zero attached hydrogens (tertiary/aromatic N) is 3. The van der Waals surface area contributed by atoms with Gasteiger partial charge in [-0.25, -0.2) is 9.97 Å². The maximum absolute atomic E-state index is 6.39. The Bertz CT molecular complexity index is 2090. The van der Waals surface area contributed by atoms with E-state index in [1.807, 2.05) is 83.7 Å². The zero-order chi connectivity index (χ0) is 31.9. The Morgan fingerprint density at radius 3 is 1.80 bits per heavy atom. The van der Waals surface area contributed by atoms with Crippen LogP contribution in [0, 0.1) is 0 Å². The van der Waals surface area contributed by atoms with Crippen molar-refractivity contribution in [3.05, 3.63) is 133 Å². The SMILES string of the molecule is [B]C(C)(C)C(C)(C)O[B]c1ccc2c3ccccc3n(-c3ccc(-c4cc(-c5ccccc5)nc(-c5ccccc5)n4)cc3)c2c1. The number of benzene rings is 5. The van der Waals surface area contributed by atoms with Gasteiger partial charge in [0.2, 0.25) is 0 Å². The van der Waals surface area contributed by atoms with Gasteiger partial charge in [-0.3, -0.25) is 0 Å². The van der Waals surface area contributed by atoms with Gasteiger partial charge in [-0.15, -0.1) is 0 Å². The van der Waals surface area contributed by atoms with Crippen LogP contribution in [0.1, 0.15) is 27.7 Å². The zero-order valence-corrected chi connectivity index (χ0v) is 26.6. The van der Waals surface area contributed by atoms with Crippen molar-refractivity contribution in [1.82, 2.24) is 14.5 Å². The molecule has 7 rings (SSSR count). The van der Waals surface area contributed by atoms with E-state index in [1.54, 1.807) is 0 Å². The molecule has 2 heterocycles. The molecule has 7 aromatic rings. The van der Waals surface area contributed by atoms with Crippen molar-refractivity contribution < 1.29 is 4.65 Å². The summed E-state index contributed by atoms with van der Waals surface area (Å²) in [6.07, 6.45) is 0. The fraction of sp³-hybridized carbons (Fsp3) is 0.150. The molecule has 0 aliphatic rings. The van der Waals surface area contributed by atoms with E-state index in [9.17, 15) is 0 Å². The maximum Gasteiger partial charge on any atom is 0.330 e. The van der Waals surface area contributed by atoms with Gasteiger partial charge in [-0.1, -0.05) is 122 Å². The second-order valence-electron chi connectivity index (χ2n) is 12.8. The van der Waals surface area contributed by atoms with Crippen LogP contribution < -0.4 is 5.46 Å². The Labute approximate surface area is 272 Å². The van der Waals surface area contributed by atoms with Crippen molar-refractivity contribution >= 4 is 42.6 Å². The second-order valence-corrected chi connectivity index (χ2v) is 12.8. The number of hydrogen-bond donors (Lipinski definition) is 0. The Kier molecular flexibility index (Phi) is 7.62. The molecule has 0 fully saturated rings. The summed E-state index contributed by atoms with van der Waals surface area (Å²) in [5.74, 6) is 0.704. The molecule has 0 amide bonds. The van der Waals surface area contributed by atoms with Crippen molar-refractivity contribution in [2.75, 3.05) is 0 Å². The van der Waals surface area contributed by atoms with Crippen LogP contribution in [0.3, 0.4) is 0 Å². The predicted octanol–water partition coefficient (Wildman–Crippen LogP) is 8.98. The highest BCUT2D eigenvalue weighted by atomic mass is 16.5. The van der Waals surface area contributed by atoms with Crippen molar-refractivity contribution in [2.24, 2.45) is 0 Å². The summed E-state index contributed by atoms with van der Waals surface area (Å²) < 4.78 is 8.54. The van der Waals surface area contributed by atoms with Gasteiger partial charge in [-0.05, 0) is 49.5 Å². The fourth-order valence-corrected chi connectivity index (χ4v) is 5.56. The van der Waals surface area contributed by atoms with E-state index in [1.165, 1.54) is 10.8 Å². The summed E-state index contributed by atoms with van der Waals surface area (Å²) >= 11 is 0. The number of aromatic nitrogens is 3. The van der Waals surface area contributed by atoms with Crippen LogP contribution in [0.15, 0.2) is 133 Å². The highest BCUT2D eigenvalue weighted by molar-refractivity contribution is 6.47. The molecule has 0 bridgehead atoms. The standard InChI is InChI=1S/C40H34B2N3O/c1-39(2,41)40(3,4)46-42-30-21-24-33-32-17-11-12-18-36(32)45(37(33)25-30)31-22-19-28(20-23-31)35-26-34(27-13-7-5-8-14-27)43-38(44-35)29-15-9-6-10-16-29/h5-26H,1-4H3. The molecular weight excluding hydrogens is 560 g/mol. The molecule has 3 radical (unpaired) electrons. The number of hydrogen-bond acceptors (Lipinski definition) is 3. The van der Waals surface area contributed by atoms with Gasteiger partial charge >= 0.3 is 7.48 Å². The fourth-order valence-electron chi connectivity index (χ4n) is 5.56. The van der Waals surface area contributed by atoms with Crippen LogP contribution >= 0.6 is 0 Å². The average Bonchev–Trinajstić information content (AvgIpc) is 3.41. The normalized spacial score (nSPS) is 12.1. The molecule has 0 saturated heterocycles. The summed E-state index contributed by atoms with van der Waals surface area (Å²) in [6.45, 7) is 8.00. The molecule has 5 aromatic carbocycles.